The van der Waals surface area contributed by atoms with Crippen LogP contribution in [0.2, 0.25) is 0 Å². The third kappa shape index (κ3) is 3.35. The molecule has 24 heavy (non-hydrogen) atoms. The molecule has 2 fully saturated rings. The Morgan fingerprint density at radius 2 is 1.96 bits per heavy atom. The fourth-order valence-electron chi connectivity index (χ4n) is 3.59. The van der Waals surface area contributed by atoms with Crippen molar-refractivity contribution >= 4 is 5.91 Å². The Balaban J connectivity index is 1.38. The van der Waals surface area contributed by atoms with Gasteiger partial charge in [-0.3, -0.25) is 9.48 Å². The molecule has 1 aliphatic carbocycles. The lowest BCUT2D eigenvalue weighted by Crippen LogP contribution is -2.45. The summed E-state index contributed by atoms with van der Waals surface area (Å²) in [5.41, 5.74) is 2.00. The number of hydrogen-bond donors (Lipinski definition) is 0. The van der Waals surface area contributed by atoms with Crippen LogP contribution in [0.4, 0.5) is 0 Å². The van der Waals surface area contributed by atoms with E-state index in [2.05, 4.69) is 15.2 Å². The van der Waals surface area contributed by atoms with E-state index < -0.39 is 0 Å². The Hall–Kier alpha value is -2.17. The molecule has 0 bridgehead atoms. The Morgan fingerprint density at radius 3 is 2.75 bits per heavy atom. The maximum Gasteiger partial charge on any atom is 0.225 e. The van der Waals surface area contributed by atoms with Crippen molar-refractivity contribution in [1.82, 2.24) is 19.9 Å². The smallest absolute Gasteiger partial charge is 0.225 e. The normalized spacial score (nSPS) is 21.0. The Bertz CT molecular complexity index is 692. The number of carbonyl (C=O) groups excluding carboxylic acids is 1. The van der Waals surface area contributed by atoms with Gasteiger partial charge in [-0.05, 0) is 38.5 Å². The third-order valence-corrected chi connectivity index (χ3v) is 5.14. The standard InChI is InChI=1S/C19H24N4O/c24-19(16-9-10-16)23-12-5-4-8-17(23)11-13-22-14-18(20-21-22)15-6-2-1-3-7-15/h1-3,6-7,14,16-17H,4-5,8-13H2. The lowest BCUT2D eigenvalue weighted by Gasteiger charge is -2.36. The molecule has 1 amide bonds. The van der Waals surface area contributed by atoms with Crippen LogP contribution in [0.1, 0.15) is 38.5 Å². The van der Waals surface area contributed by atoms with Crippen LogP contribution in [0.15, 0.2) is 36.5 Å². The summed E-state index contributed by atoms with van der Waals surface area (Å²) in [6.07, 6.45) is 8.65. The van der Waals surface area contributed by atoms with Crippen LogP contribution in [-0.2, 0) is 11.3 Å². The largest absolute Gasteiger partial charge is 0.339 e. The summed E-state index contributed by atoms with van der Waals surface area (Å²) >= 11 is 0. The SMILES string of the molecule is O=C(C1CC1)N1CCCCC1CCn1cc(-c2ccccc2)nn1. The number of piperidine rings is 1. The molecule has 4 rings (SSSR count). The first kappa shape index (κ1) is 15.4. The number of likely N-dealkylation sites (tertiary alicyclic amines) is 1. The van der Waals surface area contributed by atoms with E-state index >= 15 is 0 Å². The Morgan fingerprint density at radius 1 is 1.12 bits per heavy atom. The average Bonchev–Trinajstić information content (AvgIpc) is 3.38. The molecule has 1 aromatic carbocycles. The first-order chi connectivity index (χ1) is 11.8. The van der Waals surface area contributed by atoms with Crippen LogP contribution in [0.25, 0.3) is 11.3 Å². The van der Waals surface area contributed by atoms with Gasteiger partial charge in [-0.25, -0.2) is 0 Å². The average molecular weight is 324 g/mol. The molecule has 1 saturated carbocycles. The summed E-state index contributed by atoms with van der Waals surface area (Å²) in [4.78, 5) is 14.6. The first-order valence-corrected chi connectivity index (χ1v) is 9.07. The van der Waals surface area contributed by atoms with Crippen molar-refractivity contribution in [3.8, 4) is 11.3 Å². The van der Waals surface area contributed by atoms with Crippen molar-refractivity contribution in [2.45, 2.75) is 51.1 Å². The second-order valence-corrected chi connectivity index (χ2v) is 6.98. The van der Waals surface area contributed by atoms with Crippen LogP contribution in [-0.4, -0.2) is 38.4 Å². The van der Waals surface area contributed by atoms with Crippen LogP contribution in [0, 0.1) is 5.92 Å². The van der Waals surface area contributed by atoms with Gasteiger partial charge in [-0.15, -0.1) is 5.10 Å². The van der Waals surface area contributed by atoms with Gasteiger partial charge in [0.1, 0.15) is 5.69 Å². The van der Waals surface area contributed by atoms with Gasteiger partial charge in [0, 0.05) is 30.6 Å². The topological polar surface area (TPSA) is 51.0 Å². The molecule has 0 N–H and O–H groups in total. The molecule has 1 saturated heterocycles. The Kier molecular flexibility index (Phi) is 4.32. The third-order valence-electron chi connectivity index (χ3n) is 5.14. The van der Waals surface area contributed by atoms with Crippen molar-refractivity contribution in [2.75, 3.05) is 6.54 Å². The second kappa shape index (κ2) is 6.75. The van der Waals surface area contributed by atoms with E-state index in [1.807, 2.05) is 41.2 Å². The van der Waals surface area contributed by atoms with E-state index in [1.165, 1.54) is 6.42 Å². The highest BCUT2D eigenvalue weighted by atomic mass is 16.2. The van der Waals surface area contributed by atoms with Gasteiger partial charge in [0.25, 0.3) is 0 Å². The molecule has 2 aromatic rings. The van der Waals surface area contributed by atoms with Crippen molar-refractivity contribution in [2.24, 2.45) is 5.92 Å². The summed E-state index contributed by atoms with van der Waals surface area (Å²) in [6.45, 7) is 1.76. The molecule has 5 heteroatoms. The first-order valence-electron chi connectivity index (χ1n) is 9.07. The quantitative estimate of drug-likeness (QED) is 0.849. The zero-order chi connectivity index (χ0) is 16.4. The lowest BCUT2D eigenvalue weighted by atomic mass is 9.98. The summed E-state index contributed by atoms with van der Waals surface area (Å²) in [5.74, 6) is 0.713. The van der Waals surface area contributed by atoms with Crippen molar-refractivity contribution in [3.63, 3.8) is 0 Å². The molecule has 5 nitrogen and oxygen atoms in total. The summed E-state index contributed by atoms with van der Waals surface area (Å²) in [6, 6.07) is 10.5. The number of nitrogens with zero attached hydrogens (tertiary/aromatic N) is 4. The lowest BCUT2D eigenvalue weighted by molar-refractivity contribution is -0.136. The molecule has 1 unspecified atom stereocenters. The van der Waals surface area contributed by atoms with E-state index in [-0.39, 0.29) is 0 Å². The van der Waals surface area contributed by atoms with Crippen LogP contribution in [0.3, 0.4) is 0 Å². The van der Waals surface area contributed by atoms with Gasteiger partial charge in [-0.1, -0.05) is 35.5 Å². The summed E-state index contributed by atoms with van der Waals surface area (Å²) in [7, 11) is 0. The molecule has 2 aliphatic rings. The van der Waals surface area contributed by atoms with E-state index in [9.17, 15) is 4.79 Å². The molecular weight excluding hydrogens is 300 g/mol. The minimum Gasteiger partial charge on any atom is -0.339 e. The van der Waals surface area contributed by atoms with Crippen LogP contribution in [0.5, 0.6) is 0 Å². The van der Waals surface area contributed by atoms with E-state index in [0.29, 0.717) is 17.9 Å². The van der Waals surface area contributed by atoms with E-state index in [0.717, 1.165) is 56.5 Å². The van der Waals surface area contributed by atoms with Gasteiger partial charge < -0.3 is 4.90 Å². The fraction of sp³-hybridized carbons (Fsp3) is 0.526. The molecule has 126 valence electrons. The van der Waals surface area contributed by atoms with Crippen molar-refractivity contribution in [3.05, 3.63) is 36.5 Å². The number of carbonyl (C=O) groups is 1. The van der Waals surface area contributed by atoms with E-state index in [4.69, 9.17) is 0 Å². The monoisotopic (exact) mass is 324 g/mol. The highest BCUT2D eigenvalue weighted by Crippen LogP contribution is 2.34. The molecule has 1 aromatic heterocycles. The van der Waals surface area contributed by atoms with E-state index in [1.54, 1.807) is 0 Å². The van der Waals surface area contributed by atoms with Crippen molar-refractivity contribution < 1.29 is 4.79 Å². The predicted octanol–water partition coefficient (Wildman–Crippen LogP) is 3.13. The molecular formula is C19H24N4O. The molecule has 0 spiro atoms. The molecule has 2 heterocycles. The molecule has 0 radical (unpaired) electrons. The highest BCUT2D eigenvalue weighted by molar-refractivity contribution is 5.81. The summed E-state index contributed by atoms with van der Waals surface area (Å²) in [5, 5.41) is 8.53. The maximum absolute atomic E-state index is 12.5. The Labute approximate surface area is 142 Å². The molecule has 1 aliphatic heterocycles. The number of rotatable bonds is 5. The van der Waals surface area contributed by atoms with Gasteiger partial charge in [-0.2, -0.15) is 0 Å². The molecule has 1 atom stereocenters. The van der Waals surface area contributed by atoms with Gasteiger partial charge in [0.15, 0.2) is 0 Å². The number of hydrogen-bond acceptors (Lipinski definition) is 3. The zero-order valence-corrected chi connectivity index (χ0v) is 14.0. The minimum absolute atomic E-state index is 0.321. The number of aromatic nitrogens is 3. The maximum atomic E-state index is 12.5. The second-order valence-electron chi connectivity index (χ2n) is 6.98. The van der Waals surface area contributed by atoms with Gasteiger partial charge >= 0.3 is 0 Å². The summed E-state index contributed by atoms with van der Waals surface area (Å²) < 4.78 is 1.91. The van der Waals surface area contributed by atoms with Crippen LogP contribution >= 0.6 is 0 Å². The highest BCUT2D eigenvalue weighted by Gasteiger charge is 2.37. The number of aryl methyl sites for hydroxylation is 1. The zero-order valence-electron chi connectivity index (χ0n) is 14.0. The number of benzene rings is 1. The fourth-order valence-corrected chi connectivity index (χ4v) is 3.59. The minimum atomic E-state index is 0.321. The number of amides is 1. The van der Waals surface area contributed by atoms with Gasteiger partial charge in [0.2, 0.25) is 5.91 Å². The van der Waals surface area contributed by atoms with Crippen LogP contribution < -0.4 is 0 Å². The van der Waals surface area contributed by atoms with Crippen molar-refractivity contribution in [1.29, 1.82) is 0 Å². The van der Waals surface area contributed by atoms with Gasteiger partial charge in [0.05, 0.1) is 6.20 Å². The predicted molar refractivity (Wildman–Crippen MR) is 92.2 cm³/mol.